The molecule has 2 aromatic heterocycles. The number of pyridine rings is 1. The van der Waals surface area contributed by atoms with Crippen LogP contribution >= 0.6 is 34.8 Å². The normalized spacial score (nSPS) is 10.9. The van der Waals surface area contributed by atoms with Crippen molar-refractivity contribution in [3.05, 3.63) is 51.1 Å². The summed E-state index contributed by atoms with van der Waals surface area (Å²) in [5.41, 5.74) is 3.10. The smallest absolute Gasteiger partial charge is 0.182 e. The van der Waals surface area contributed by atoms with Gasteiger partial charge in [0.25, 0.3) is 0 Å². The summed E-state index contributed by atoms with van der Waals surface area (Å²) in [6.45, 7) is 0. The van der Waals surface area contributed by atoms with Crippen molar-refractivity contribution >= 4 is 45.8 Å². The summed E-state index contributed by atoms with van der Waals surface area (Å²) >= 11 is 7.69. The number of benzene rings is 1. The minimum Gasteiger partial charge on any atom is -0.329 e. The quantitative estimate of drug-likeness (QED) is 0.535. The van der Waals surface area contributed by atoms with E-state index in [9.17, 15) is 0 Å². The van der Waals surface area contributed by atoms with Gasteiger partial charge in [-0.05, 0) is 53.0 Å². The zero-order valence-electron chi connectivity index (χ0n) is 8.72. The summed E-state index contributed by atoms with van der Waals surface area (Å²) in [7, 11) is 0. The molecule has 3 nitrogen and oxygen atoms in total. The van der Waals surface area contributed by atoms with Gasteiger partial charge in [-0.25, -0.2) is 0 Å². The van der Waals surface area contributed by atoms with Gasteiger partial charge in [-0.3, -0.25) is 9.55 Å². The predicted octanol–water partition coefficient (Wildman–Crippen LogP) is 3.69. The first kappa shape index (κ1) is 10.9. The van der Waals surface area contributed by atoms with Gasteiger partial charge in [0.05, 0.1) is 22.9 Å². The van der Waals surface area contributed by atoms with E-state index in [0.717, 1.165) is 16.7 Å². The van der Waals surface area contributed by atoms with Gasteiger partial charge in [-0.1, -0.05) is 12.1 Å². The fourth-order valence-electron chi connectivity index (χ4n) is 1.83. The predicted molar refractivity (Wildman–Crippen MR) is 79.0 cm³/mol. The van der Waals surface area contributed by atoms with Crippen molar-refractivity contribution < 1.29 is 0 Å². The first-order valence-corrected chi connectivity index (χ1v) is 6.56. The zero-order chi connectivity index (χ0) is 11.8. The Morgan fingerprint density at radius 2 is 2.06 bits per heavy atom. The molecule has 0 aliphatic heterocycles. The first-order valence-electron chi connectivity index (χ1n) is 5.07. The summed E-state index contributed by atoms with van der Waals surface area (Å²) in [6, 6.07) is 10.1. The summed E-state index contributed by atoms with van der Waals surface area (Å²) in [6.07, 6.45) is 3.56. The van der Waals surface area contributed by atoms with Crippen LogP contribution in [0.3, 0.4) is 0 Å². The molecule has 17 heavy (non-hydrogen) atoms. The largest absolute Gasteiger partial charge is 0.329 e. The lowest BCUT2D eigenvalue weighted by atomic mass is 10.3. The molecule has 2 heterocycles. The number of rotatable bonds is 1. The average Bonchev–Trinajstić information content (AvgIpc) is 2.66. The molecule has 3 rings (SSSR count). The standard InChI is InChI=1S/C12H8IN3S/c13-8-3-1-2-4-10(8)16-11-5-6-14-7-9(11)15-12(16)17/h1-7H,(H,15,17). The maximum absolute atomic E-state index is 5.37. The van der Waals surface area contributed by atoms with Crippen molar-refractivity contribution in [2.75, 3.05) is 0 Å². The Bertz CT molecular complexity index is 745. The molecule has 0 aliphatic carbocycles. The minimum absolute atomic E-state index is 0.692. The molecule has 1 N–H and O–H groups in total. The number of hydrogen-bond acceptors (Lipinski definition) is 2. The molecule has 3 aromatic rings. The summed E-state index contributed by atoms with van der Waals surface area (Å²) in [5, 5.41) is 0. The number of fused-ring (bicyclic) bond motifs is 1. The molecule has 0 saturated carbocycles. The number of nitrogens with zero attached hydrogens (tertiary/aromatic N) is 2. The second-order valence-electron chi connectivity index (χ2n) is 3.61. The van der Waals surface area contributed by atoms with Crippen LogP contribution in [0.2, 0.25) is 0 Å². The molecule has 0 atom stereocenters. The van der Waals surface area contributed by atoms with E-state index < -0.39 is 0 Å². The Kier molecular flexibility index (Phi) is 2.71. The van der Waals surface area contributed by atoms with Gasteiger partial charge in [0, 0.05) is 9.77 Å². The van der Waals surface area contributed by atoms with Gasteiger partial charge >= 0.3 is 0 Å². The van der Waals surface area contributed by atoms with Crippen LogP contribution in [0.25, 0.3) is 16.7 Å². The van der Waals surface area contributed by atoms with Crippen LogP contribution in [-0.2, 0) is 0 Å². The molecule has 0 spiro atoms. The van der Waals surface area contributed by atoms with Gasteiger partial charge < -0.3 is 4.98 Å². The second-order valence-corrected chi connectivity index (χ2v) is 5.16. The van der Waals surface area contributed by atoms with Gasteiger partial charge in [-0.2, -0.15) is 0 Å². The molecule has 0 radical (unpaired) electrons. The number of para-hydroxylation sites is 1. The van der Waals surface area contributed by atoms with Gasteiger partial charge in [-0.15, -0.1) is 0 Å². The molecule has 0 aliphatic rings. The number of hydrogen-bond donors (Lipinski definition) is 1. The highest BCUT2D eigenvalue weighted by atomic mass is 127. The lowest BCUT2D eigenvalue weighted by Crippen LogP contribution is -1.96. The Morgan fingerprint density at radius 3 is 2.88 bits per heavy atom. The third kappa shape index (κ3) is 1.79. The Morgan fingerprint density at radius 1 is 1.24 bits per heavy atom. The van der Waals surface area contributed by atoms with Gasteiger partial charge in [0.1, 0.15) is 0 Å². The monoisotopic (exact) mass is 353 g/mol. The van der Waals surface area contributed by atoms with E-state index in [4.69, 9.17) is 12.2 Å². The molecular formula is C12H8IN3S. The molecule has 0 saturated heterocycles. The molecular weight excluding hydrogens is 345 g/mol. The van der Waals surface area contributed by atoms with E-state index in [2.05, 4.69) is 44.7 Å². The Balaban J connectivity index is 2.42. The van der Waals surface area contributed by atoms with Crippen LogP contribution < -0.4 is 0 Å². The highest BCUT2D eigenvalue weighted by molar-refractivity contribution is 14.1. The summed E-state index contributed by atoms with van der Waals surface area (Å²) in [4.78, 5) is 7.26. The number of nitrogens with one attached hydrogen (secondary N) is 1. The fraction of sp³-hybridized carbons (Fsp3) is 0. The third-order valence-electron chi connectivity index (χ3n) is 2.58. The topological polar surface area (TPSA) is 33.6 Å². The van der Waals surface area contributed by atoms with Gasteiger partial charge in [0.15, 0.2) is 4.77 Å². The maximum atomic E-state index is 5.37. The van der Waals surface area contributed by atoms with Crippen LogP contribution in [0, 0.1) is 8.34 Å². The molecule has 5 heteroatoms. The van der Waals surface area contributed by atoms with E-state index in [-0.39, 0.29) is 0 Å². The van der Waals surface area contributed by atoms with Crippen molar-refractivity contribution in [2.45, 2.75) is 0 Å². The van der Waals surface area contributed by atoms with Gasteiger partial charge in [0.2, 0.25) is 0 Å². The fourth-order valence-corrected chi connectivity index (χ4v) is 2.77. The SMILES string of the molecule is S=c1[nH]c2cnccc2n1-c1ccccc1I. The van der Waals surface area contributed by atoms with Crippen molar-refractivity contribution in [1.29, 1.82) is 0 Å². The van der Waals surface area contributed by atoms with E-state index in [0.29, 0.717) is 4.77 Å². The lowest BCUT2D eigenvalue weighted by Gasteiger charge is -2.06. The molecule has 1 aromatic carbocycles. The van der Waals surface area contributed by atoms with Crippen LogP contribution in [0.4, 0.5) is 0 Å². The van der Waals surface area contributed by atoms with E-state index >= 15 is 0 Å². The van der Waals surface area contributed by atoms with Crippen LogP contribution in [0.15, 0.2) is 42.7 Å². The number of aromatic amines is 1. The van der Waals surface area contributed by atoms with Crippen molar-refractivity contribution in [3.8, 4) is 5.69 Å². The van der Waals surface area contributed by atoms with Crippen molar-refractivity contribution in [3.63, 3.8) is 0 Å². The summed E-state index contributed by atoms with van der Waals surface area (Å²) < 4.78 is 3.89. The van der Waals surface area contributed by atoms with E-state index in [1.165, 1.54) is 3.57 Å². The molecule has 0 amide bonds. The zero-order valence-corrected chi connectivity index (χ0v) is 11.7. The number of halogens is 1. The molecule has 0 fully saturated rings. The van der Waals surface area contributed by atoms with E-state index in [1.807, 2.05) is 22.8 Å². The van der Waals surface area contributed by atoms with Crippen molar-refractivity contribution in [2.24, 2.45) is 0 Å². The number of imidazole rings is 1. The van der Waals surface area contributed by atoms with Crippen LogP contribution in [0.1, 0.15) is 0 Å². The third-order valence-corrected chi connectivity index (χ3v) is 3.77. The van der Waals surface area contributed by atoms with Crippen LogP contribution in [0.5, 0.6) is 0 Å². The minimum atomic E-state index is 0.692. The molecule has 0 bridgehead atoms. The summed E-state index contributed by atoms with van der Waals surface area (Å²) in [5.74, 6) is 0. The first-order chi connectivity index (χ1) is 8.27. The maximum Gasteiger partial charge on any atom is 0.182 e. The average molecular weight is 353 g/mol. The number of H-pyrrole nitrogens is 1. The highest BCUT2D eigenvalue weighted by Gasteiger charge is 2.08. The van der Waals surface area contributed by atoms with E-state index in [1.54, 1.807) is 12.4 Å². The highest BCUT2D eigenvalue weighted by Crippen LogP contribution is 2.22. The Labute approximate surface area is 117 Å². The van der Waals surface area contributed by atoms with Crippen LogP contribution in [-0.4, -0.2) is 14.5 Å². The second kappa shape index (κ2) is 4.23. The molecule has 0 unspecified atom stereocenters. The number of aromatic nitrogens is 3. The van der Waals surface area contributed by atoms with Crippen molar-refractivity contribution in [1.82, 2.24) is 14.5 Å². The lowest BCUT2D eigenvalue weighted by molar-refractivity contribution is 1.06. The molecule has 84 valence electrons. The Hall–Kier alpha value is -1.21.